The third-order valence-electron chi connectivity index (χ3n) is 4.05. The first-order valence-corrected chi connectivity index (χ1v) is 6.86. The molecule has 1 amide bonds. The fraction of sp³-hybridized carbons (Fsp3) is 0.500. The predicted octanol–water partition coefficient (Wildman–Crippen LogP) is 4.15. The Bertz CT molecular complexity index is 576. The predicted molar refractivity (Wildman–Crippen MR) is 82.4 cm³/mol. The van der Waals surface area contributed by atoms with E-state index in [2.05, 4.69) is 0 Å². The number of benzene rings is 1. The quantitative estimate of drug-likeness (QED) is 0.768. The van der Waals surface area contributed by atoms with Crippen molar-refractivity contribution in [3.8, 4) is 0 Å². The molecular formula is C14H17Cl2F3N2O. The van der Waals surface area contributed by atoms with Crippen molar-refractivity contribution >= 4 is 35.6 Å². The maximum Gasteiger partial charge on any atom is 0.394 e. The number of amides is 1. The summed E-state index contributed by atoms with van der Waals surface area (Å²) >= 11 is 5.97. The third kappa shape index (κ3) is 3.27. The SMILES string of the molecule is CC1(C)C(C(F)(F)F)CCN1C(=O)c1ccc(N)cc1Cl.Cl. The van der Waals surface area contributed by atoms with Crippen LogP contribution in [-0.4, -0.2) is 29.1 Å². The van der Waals surface area contributed by atoms with Crippen molar-refractivity contribution in [3.63, 3.8) is 0 Å². The molecule has 0 radical (unpaired) electrons. The Hall–Kier alpha value is -1.14. The first kappa shape index (κ1) is 18.9. The van der Waals surface area contributed by atoms with Crippen LogP contribution in [0.15, 0.2) is 18.2 Å². The summed E-state index contributed by atoms with van der Waals surface area (Å²) in [6, 6.07) is 4.36. The Labute approximate surface area is 138 Å². The van der Waals surface area contributed by atoms with E-state index in [1.54, 1.807) is 0 Å². The van der Waals surface area contributed by atoms with E-state index >= 15 is 0 Å². The van der Waals surface area contributed by atoms with Gasteiger partial charge in [-0.3, -0.25) is 4.79 Å². The van der Waals surface area contributed by atoms with Crippen LogP contribution in [0.1, 0.15) is 30.6 Å². The highest BCUT2D eigenvalue weighted by molar-refractivity contribution is 6.34. The van der Waals surface area contributed by atoms with E-state index in [9.17, 15) is 18.0 Å². The van der Waals surface area contributed by atoms with E-state index < -0.39 is 23.5 Å². The average molecular weight is 357 g/mol. The third-order valence-corrected chi connectivity index (χ3v) is 4.37. The number of hydrogen-bond donors (Lipinski definition) is 1. The van der Waals surface area contributed by atoms with Crippen LogP contribution >= 0.6 is 24.0 Å². The fourth-order valence-electron chi connectivity index (χ4n) is 2.87. The number of likely N-dealkylation sites (tertiary alicyclic amines) is 1. The minimum atomic E-state index is -4.33. The van der Waals surface area contributed by atoms with E-state index in [0.717, 1.165) is 0 Å². The number of nitrogens with two attached hydrogens (primary N) is 1. The Kier molecular flexibility index (Phi) is 5.30. The molecule has 124 valence electrons. The average Bonchev–Trinajstić information content (AvgIpc) is 2.63. The van der Waals surface area contributed by atoms with E-state index in [0.29, 0.717) is 5.69 Å². The summed E-state index contributed by atoms with van der Waals surface area (Å²) in [5, 5.41) is 0.145. The summed E-state index contributed by atoms with van der Waals surface area (Å²) in [4.78, 5) is 13.7. The van der Waals surface area contributed by atoms with Crippen LogP contribution < -0.4 is 5.73 Å². The molecule has 1 aromatic carbocycles. The Morgan fingerprint density at radius 3 is 2.45 bits per heavy atom. The molecule has 1 aliphatic heterocycles. The summed E-state index contributed by atoms with van der Waals surface area (Å²) < 4.78 is 39.1. The van der Waals surface area contributed by atoms with Crippen LogP contribution in [-0.2, 0) is 0 Å². The lowest BCUT2D eigenvalue weighted by Crippen LogP contribution is -2.49. The van der Waals surface area contributed by atoms with E-state index in [-0.39, 0.29) is 36.0 Å². The molecule has 3 nitrogen and oxygen atoms in total. The van der Waals surface area contributed by atoms with Gasteiger partial charge in [-0.1, -0.05) is 11.6 Å². The van der Waals surface area contributed by atoms with Crippen LogP contribution in [0.2, 0.25) is 5.02 Å². The number of halogens is 5. The molecule has 1 fully saturated rings. The lowest BCUT2D eigenvalue weighted by atomic mass is 9.87. The molecule has 2 N–H and O–H groups in total. The highest BCUT2D eigenvalue weighted by Crippen LogP contribution is 2.45. The number of nitrogen functional groups attached to an aromatic ring is 1. The van der Waals surface area contributed by atoms with Crippen molar-refractivity contribution in [1.29, 1.82) is 0 Å². The lowest BCUT2D eigenvalue weighted by Gasteiger charge is -2.37. The Morgan fingerprint density at radius 2 is 2.00 bits per heavy atom. The van der Waals surface area contributed by atoms with Gasteiger partial charge >= 0.3 is 6.18 Å². The van der Waals surface area contributed by atoms with Gasteiger partial charge < -0.3 is 10.6 Å². The molecule has 1 aliphatic rings. The summed E-state index contributed by atoms with van der Waals surface area (Å²) in [7, 11) is 0. The van der Waals surface area contributed by atoms with Crippen LogP contribution in [0.5, 0.6) is 0 Å². The second-order valence-electron chi connectivity index (χ2n) is 5.73. The highest BCUT2D eigenvalue weighted by Gasteiger charge is 2.56. The van der Waals surface area contributed by atoms with Crippen molar-refractivity contribution < 1.29 is 18.0 Å². The first-order valence-electron chi connectivity index (χ1n) is 6.49. The van der Waals surface area contributed by atoms with Crippen molar-refractivity contribution in [2.24, 2.45) is 5.92 Å². The lowest BCUT2D eigenvalue weighted by molar-refractivity contribution is -0.189. The van der Waals surface area contributed by atoms with Gasteiger partial charge in [-0.2, -0.15) is 13.2 Å². The van der Waals surface area contributed by atoms with Crippen LogP contribution in [0.4, 0.5) is 18.9 Å². The van der Waals surface area contributed by atoms with Gasteiger partial charge in [0.15, 0.2) is 0 Å². The van der Waals surface area contributed by atoms with Gasteiger partial charge in [0.05, 0.1) is 16.5 Å². The van der Waals surface area contributed by atoms with Crippen molar-refractivity contribution in [2.45, 2.75) is 32.0 Å². The van der Waals surface area contributed by atoms with Crippen molar-refractivity contribution in [2.75, 3.05) is 12.3 Å². The molecule has 1 aromatic rings. The molecule has 0 saturated carbocycles. The maximum absolute atomic E-state index is 13.0. The molecular weight excluding hydrogens is 340 g/mol. The van der Waals surface area contributed by atoms with Gasteiger partial charge in [-0.15, -0.1) is 12.4 Å². The zero-order chi connectivity index (χ0) is 16.0. The summed E-state index contributed by atoms with van der Waals surface area (Å²) in [5.74, 6) is -2.04. The zero-order valence-corrected chi connectivity index (χ0v) is 13.6. The molecule has 22 heavy (non-hydrogen) atoms. The molecule has 0 aromatic heterocycles. The minimum absolute atomic E-state index is 0. The number of carbonyl (C=O) groups is 1. The smallest absolute Gasteiger partial charge is 0.394 e. The number of rotatable bonds is 1. The van der Waals surface area contributed by atoms with Gasteiger partial charge in [0, 0.05) is 17.8 Å². The molecule has 8 heteroatoms. The van der Waals surface area contributed by atoms with Crippen LogP contribution in [0.3, 0.4) is 0 Å². The second-order valence-corrected chi connectivity index (χ2v) is 6.14. The summed E-state index contributed by atoms with van der Waals surface area (Å²) in [5.41, 5.74) is 4.81. The molecule has 0 aliphatic carbocycles. The first-order chi connectivity index (χ1) is 9.55. The van der Waals surface area contributed by atoms with Crippen molar-refractivity contribution in [1.82, 2.24) is 4.90 Å². The Morgan fingerprint density at radius 1 is 1.41 bits per heavy atom. The number of nitrogens with zero attached hydrogens (tertiary/aromatic N) is 1. The molecule has 1 saturated heterocycles. The zero-order valence-electron chi connectivity index (χ0n) is 12.1. The number of alkyl halides is 3. The number of anilines is 1. The van der Waals surface area contributed by atoms with E-state index in [1.807, 2.05) is 0 Å². The van der Waals surface area contributed by atoms with Crippen molar-refractivity contribution in [3.05, 3.63) is 28.8 Å². The van der Waals surface area contributed by atoms with Crippen LogP contribution in [0.25, 0.3) is 0 Å². The molecule has 1 atom stereocenters. The highest BCUT2D eigenvalue weighted by atomic mass is 35.5. The summed E-state index contributed by atoms with van der Waals surface area (Å²) in [6.45, 7) is 2.92. The molecule has 1 unspecified atom stereocenters. The monoisotopic (exact) mass is 356 g/mol. The maximum atomic E-state index is 13.0. The topological polar surface area (TPSA) is 46.3 Å². The van der Waals surface area contributed by atoms with E-state index in [1.165, 1.54) is 36.9 Å². The number of hydrogen-bond acceptors (Lipinski definition) is 2. The van der Waals surface area contributed by atoms with E-state index in [4.69, 9.17) is 17.3 Å². The molecule has 0 bridgehead atoms. The van der Waals surface area contributed by atoms with Gasteiger partial charge in [0.2, 0.25) is 0 Å². The van der Waals surface area contributed by atoms with Gasteiger partial charge in [-0.05, 0) is 38.5 Å². The molecule has 1 heterocycles. The minimum Gasteiger partial charge on any atom is -0.399 e. The summed E-state index contributed by atoms with van der Waals surface area (Å²) in [6.07, 6.45) is -4.43. The Balaban J connectivity index is 0.00000242. The van der Waals surface area contributed by atoms with Crippen LogP contribution in [0, 0.1) is 5.92 Å². The van der Waals surface area contributed by atoms with Gasteiger partial charge in [-0.25, -0.2) is 0 Å². The molecule has 2 rings (SSSR count). The van der Waals surface area contributed by atoms with Gasteiger partial charge in [0.1, 0.15) is 0 Å². The number of carbonyl (C=O) groups excluding carboxylic acids is 1. The molecule has 0 spiro atoms. The largest absolute Gasteiger partial charge is 0.399 e. The second kappa shape index (κ2) is 6.16. The standard InChI is InChI=1S/C14H16ClF3N2O.ClH/c1-13(2)11(14(16,17)18)5-6-20(13)12(21)9-4-3-8(19)7-10(9)15;/h3-4,7,11H,5-6,19H2,1-2H3;1H. The normalized spacial score (nSPS) is 20.6. The van der Waals surface area contributed by atoms with Gasteiger partial charge in [0.25, 0.3) is 5.91 Å². The fourth-order valence-corrected chi connectivity index (χ4v) is 3.14.